The van der Waals surface area contributed by atoms with E-state index in [1.807, 2.05) is 36.4 Å². The summed E-state index contributed by atoms with van der Waals surface area (Å²) in [7, 11) is 0. The number of allylic oxidation sites excluding steroid dienone is 1. The van der Waals surface area contributed by atoms with E-state index in [9.17, 15) is 0 Å². The van der Waals surface area contributed by atoms with Crippen molar-refractivity contribution in [1.29, 1.82) is 0 Å². The molecule has 2 aromatic carbocycles. The molecule has 0 heteroatoms. The lowest BCUT2D eigenvalue weighted by molar-refractivity contribution is 0.862. The van der Waals surface area contributed by atoms with Gasteiger partial charge in [-0.1, -0.05) is 72.3 Å². The first-order chi connectivity index (χ1) is 8.84. The van der Waals surface area contributed by atoms with Gasteiger partial charge in [-0.05, 0) is 29.9 Å². The Morgan fingerprint density at radius 3 is 2.35 bits per heavy atom. The van der Waals surface area contributed by atoms with Crippen LogP contribution < -0.4 is 0 Å². The molecule has 1 unspecified atom stereocenters. The van der Waals surface area contributed by atoms with Gasteiger partial charge in [-0.15, -0.1) is 0 Å². The van der Waals surface area contributed by atoms with E-state index in [0.29, 0.717) is 5.92 Å². The fourth-order valence-corrected chi connectivity index (χ4v) is 2.16. The summed E-state index contributed by atoms with van der Waals surface area (Å²) in [6.45, 7) is 0. The maximum Gasteiger partial charge on any atom is 0.0629 e. The minimum absolute atomic E-state index is 0.583. The predicted molar refractivity (Wildman–Crippen MR) is 72.7 cm³/mol. The van der Waals surface area contributed by atoms with Crippen LogP contribution in [0.2, 0.25) is 0 Å². The van der Waals surface area contributed by atoms with E-state index in [-0.39, 0.29) is 0 Å². The lowest BCUT2D eigenvalue weighted by atomic mass is 10.1. The highest BCUT2D eigenvalue weighted by atomic mass is 14.3. The lowest BCUT2D eigenvalue weighted by Crippen LogP contribution is -1.85. The van der Waals surface area contributed by atoms with Crippen molar-refractivity contribution in [3.63, 3.8) is 0 Å². The quantitative estimate of drug-likeness (QED) is 0.723. The third kappa shape index (κ3) is 2.65. The summed E-state index contributed by atoms with van der Waals surface area (Å²) in [6.07, 6.45) is 2.16. The predicted octanol–water partition coefficient (Wildman–Crippen LogP) is 4.33. The second-order valence-corrected chi connectivity index (χ2v) is 4.61. The van der Waals surface area contributed by atoms with Gasteiger partial charge in [0.25, 0.3) is 0 Å². The molecule has 84 valence electrons. The van der Waals surface area contributed by atoms with E-state index >= 15 is 0 Å². The summed E-state index contributed by atoms with van der Waals surface area (Å²) in [6, 6.07) is 21.3. The van der Waals surface area contributed by atoms with Crippen LogP contribution in [0.25, 0.3) is 6.05 Å². The Hall–Kier alpha value is -1.82. The molecule has 1 atom stereocenters. The Bertz CT molecular complexity index is 555. The molecule has 0 heterocycles. The first-order valence-electron chi connectivity index (χ1n) is 6.63. The Kier molecular flexibility index (Phi) is 2.49. The Labute approximate surface area is 104 Å². The molecule has 0 spiro atoms. The van der Waals surface area contributed by atoms with Gasteiger partial charge in [-0.2, -0.15) is 0 Å². The molecule has 0 bridgehead atoms. The summed E-state index contributed by atoms with van der Waals surface area (Å²) >= 11 is 0. The molecule has 0 saturated heterocycles. The number of benzene rings is 2. The average molecular weight is 221 g/mol. The molecule has 0 aliphatic heterocycles. The number of rotatable bonds is 3. The van der Waals surface area contributed by atoms with Gasteiger partial charge in [0.15, 0.2) is 0 Å². The van der Waals surface area contributed by atoms with Crippen LogP contribution in [0.3, 0.4) is 0 Å². The van der Waals surface area contributed by atoms with Gasteiger partial charge in [0, 0.05) is 0 Å². The van der Waals surface area contributed by atoms with Gasteiger partial charge in [0.2, 0.25) is 0 Å². The van der Waals surface area contributed by atoms with Crippen LogP contribution in [0.5, 0.6) is 0 Å². The van der Waals surface area contributed by atoms with Crippen molar-refractivity contribution < 1.29 is 1.37 Å². The van der Waals surface area contributed by atoms with Crippen molar-refractivity contribution in [1.82, 2.24) is 0 Å². The minimum atomic E-state index is 0.583. The van der Waals surface area contributed by atoms with E-state index in [4.69, 9.17) is 1.37 Å². The van der Waals surface area contributed by atoms with Crippen LogP contribution in [0.15, 0.2) is 66.2 Å². The molecule has 1 saturated carbocycles. The summed E-state index contributed by atoms with van der Waals surface area (Å²) in [5.41, 5.74) is 3.73. The third-order valence-corrected chi connectivity index (χ3v) is 3.20. The van der Waals surface area contributed by atoms with E-state index in [2.05, 4.69) is 24.3 Å². The lowest BCUT2D eigenvalue weighted by Gasteiger charge is -1.96. The van der Waals surface area contributed by atoms with Crippen LogP contribution in [0.4, 0.5) is 0 Å². The summed E-state index contributed by atoms with van der Waals surface area (Å²) < 4.78 is 8.21. The molecule has 1 fully saturated rings. The highest BCUT2D eigenvalue weighted by Crippen LogP contribution is 2.41. The maximum atomic E-state index is 8.21. The SMILES string of the molecule is [2H]/C(=C1\CC1Cc1ccccc1)c1ccccc1. The van der Waals surface area contributed by atoms with Gasteiger partial charge in [-0.3, -0.25) is 0 Å². The molecular formula is C17H16. The fourth-order valence-electron chi connectivity index (χ4n) is 2.16. The number of hydrogen-bond donors (Lipinski definition) is 0. The van der Waals surface area contributed by atoms with Crippen molar-refractivity contribution in [2.24, 2.45) is 5.92 Å². The van der Waals surface area contributed by atoms with Crippen LogP contribution in [0.1, 0.15) is 18.9 Å². The van der Waals surface area contributed by atoms with E-state index in [0.717, 1.165) is 24.5 Å². The molecule has 3 rings (SSSR count). The van der Waals surface area contributed by atoms with Gasteiger partial charge in [0.05, 0.1) is 1.37 Å². The smallest absolute Gasteiger partial charge is 0.0629 e. The van der Waals surface area contributed by atoms with Crippen LogP contribution in [-0.4, -0.2) is 0 Å². The largest absolute Gasteiger partial charge is 0.0653 e. The van der Waals surface area contributed by atoms with Crippen molar-refractivity contribution in [2.75, 3.05) is 0 Å². The highest BCUT2D eigenvalue weighted by molar-refractivity contribution is 5.57. The molecule has 0 aromatic heterocycles. The maximum absolute atomic E-state index is 8.21. The number of hydrogen-bond acceptors (Lipinski definition) is 0. The molecular weight excluding hydrogens is 204 g/mol. The zero-order chi connectivity index (χ0) is 12.4. The fraction of sp³-hybridized carbons (Fsp3) is 0.176. The second-order valence-electron chi connectivity index (χ2n) is 4.61. The summed E-state index contributed by atoms with van der Waals surface area (Å²) in [5.74, 6) is 0.583. The van der Waals surface area contributed by atoms with Crippen LogP contribution >= 0.6 is 0 Å². The van der Waals surface area contributed by atoms with Crippen LogP contribution in [-0.2, 0) is 6.42 Å². The topological polar surface area (TPSA) is 0 Å². The molecule has 1 aliphatic rings. The molecule has 0 amide bonds. The van der Waals surface area contributed by atoms with Crippen molar-refractivity contribution in [3.8, 4) is 0 Å². The zero-order valence-corrected chi connectivity index (χ0v) is 9.77. The van der Waals surface area contributed by atoms with Crippen molar-refractivity contribution >= 4 is 6.05 Å². The van der Waals surface area contributed by atoms with Gasteiger partial charge in [0.1, 0.15) is 0 Å². The summed E-state index contributed by atoms with van der Waals surface area (Å²) in [4.78, 5) is 0. The third-order valence-electron chi connectivity index (χ3n) is 3.20. The molecule has 2 aromatic rings. The molecule has 0 radical (unpaired) electrons. The molecule has 1 aliphatic carbocycles. The Morgan fingerprint density at radius 2 is 1.65 bits per heavy atom. The Balaban J connectivity index is 1.74. The monoisotopic (exact) mass is 221 g/mol. The first kappa shape index (κ1) is 9.23. The molecule has 0 nitrogen and oxygen atoms in total. The average Bonchev–Trinajstić information content (AvgIpc) is 3.19. The van der Waals surface area contributed by atoms with E-state index < -0.39 is 0 Å². The first-order valence-corrected chi connectivity index (χ1v) is 6.13. The second kappa shape index (κ2) is 4.58. The van der Waals surface area contributed by atoms with Gasteiger partial charge in [-0.25, -0.2) is 0 Å². The van der Waals surface area contributed by atoms with Crippen molar-refractivity contribution in [2.45, 2.75) is 12.8 Å². The van der Waals surface area contributed by atoms with Gasteiger partial charge < -0.3 is 0 Å². The van der Waals surface area contributed by atoms with Crippen LogP contribution in [0, 0.1) is 5.92 Å². The minimum Gasteiger partial charge on any atom is -0.0653 e. The van der Waals surface area contributed by atoms with E-state index in [1.54, 1.807) is 0 Å². The van der Waals surface area contributed by atoms with Crippen molar-refractivity contribution in [3.05, 3.63) is 77.4 Å². The zero-order valence-electron chi connectivity index (χ0n) is 10.8. The standard InChI is InChI=1S/C17H16/c1-3-7-14(8-4-1)11-16-13-17(16)12-15-9-5-2-6-10-15/h1-11,17H,12-13H2/b16-11-/i11D. The normalized spacial score (nSPS) is 21.9. The molecule has 17 heavy (non-hydrogen) atoms. The van der Waals surface area contributed by atoms with Gasteiger partial charge >= 0.3 is 0 Å². The highest BCUT2D eigenvalue weighted by Gasteiger charge is 2.28. The summed E-state index contributed by atoms with van der Waals surface area (Å²) in [5, 5.41) is 0. The van der Waals surface area contributed by atoms with E-state index in [1.165, 1.54) is 11.1 Å². The molecule has 0 N–H and O–H groups in total. The Morgan fingerprint density at radius 1 is 1.00 bits per heavy atom.